The van der Waals surface area contributed by atoms with E-state index in [4.69, 9.17) is 21.1 Å². The molecule has 0 radical (unpaired) electrons. The third-order valence-corrected chi connectivity index (χ3v) is 3.62. The molecule has 0 aliphatic heterocycles. The number of Topliss-reactive ketones (excluding diaryl/α,β-unsaturated/α-hetero) is 1. The van der Waals surface area contributed by atoms with Crippen molar-refractivity contribution in [3.63, 3.8) is 0 Å². The van der Waals surface area contributed by atoms with Gasteiger partial charge in [0.2, 0.25) is 0 Å². The SMILES string of the molecule is CCOC(=O)C[C@@H](c1ccc(Cl)cc1)[C@@H](C(C)=O)C(=O)OCC. The average Bonchev–Trinajstić information content (AvgIpc) is 2.47. The van der Waals surface area contributed by atoms with E-state index < -0.39 is 23.8 Å². The fourth-order valence-electron chi connectivity index (χ4n) is 2.38. The van der Waals surface area contributed by atoms with E-state index in [1.165, 1.54) is 6.92 Å². The molecule has 1 rings (SSSR count). The Balaban J connectivity index is 3.18. The molecule has 0 heterocycles. The van der Waals surface area contributed by atoms with E-state index in [2.05, 4.69) is 0 Å². The molecule has 0 bridgehead atoms. The Hall–Kier alpha value is -1.88. The van der Waals surface area contributed by atoms with Gasteiger partial charge in [-0.3, -0.25) is 14.4 Å². The number of carbonyl (C=O) groups excluding carboxylic acids is 3. The molecule has 0 aliphatic carbocycles. The predicted octanol–water partition coefficient (Wildman–Crippen LogP) is 3.15. The maximum absolute atomic E-state index is 12.2. The lowest BCUT2D eigenvalue weighted by atomic mass is 9.81. The largest absolute Gasteiger partial charge is 0.466 e. The molecule has 1 aromatic carbocycles. The van der Waals surface area contributed by atoms with Crippen LogP contribution in [0.15, 0.2) is 24.3 Å². The third kappa shape index (κ3) is 5.67. The lowest BCUT2D eigenvalue weighted by molar-refractivity contribution is -0.153. The molecule has 0 unspecified atom stereocenters. The van der Waals surface area contributed by atoms with Gasteiger partial charge in [0, 0.05) is 10.9 Å². The van der Waals surface area contributed by atoms with Crippen molar-refractivity contribution >= 4 is 29.3 Å². The van der Waals surface area contributed by atoms with Gasteiger partial charge in [-0.2, -0.15) is 0 Å². The van der Waals surface area contributed by atoms with Gasteiger partial charge in [0.15, 0.2) is 0 Å². The summed E-state index contributed by atoms with van der Waals surface area (Å²) in [6, 6.07) is 6.69. The summed E-state index contributed by atoms with van der Waals surface area (Å²) >= 11 is 5.88. The van der Waals surface area contributed by atoms with Crippen molar-refractivity contribution in [1.29, 1.82) is 0 Å². The van der Waals surface area contributed by atoms with Gasteiger partial charge in [-0.1, -0.05) is 23.7 Å². The van der Waals surface area contributed by atoms with Crippen LogP contribution in [0.5, 0.6) is 0 Å². The first kappa shape index (κ1) is 19.2. The second-order valence-corrected chi connectivity index (χ2v) is 5.44. The molecule has 5 nitrogen and oxygen atoms in total. The molecule has 2 atom stereocenters. The monoisotopic (exact) mass is 340 g/mol. The molecule has 0 fully saturated rings. The van der Waals surface area contributed by atoms with Gasteiger partial charge in [-0.15, -0.1) is 0 Å². The van der Waals surface area contributed by atoms with Crippen molar-refractivity contribution in [1.82, 2.24) is 0 Å². The first-order chi connectivity index (χ1) is 10.9. The van der Waals surface area contributed by atoms with Crippen LogP contribution in [-0.2, 0) is 23.9 Å². The Morgan fingerprint density at radius 3 is 2.09 bits per heavy atom. The highest BCUT2D eigenvalue weighted by molar-refractivity contribution is 6.30. The van der Waals surface area contributed by atoms with Gasteiger partial charge < -0.3 is 9.47 Å². The summed E-state index contributed by atoms with van der Waals surface area (Å²) in [7, 11) is 0. The summed E-state index contributed by atoms with van der Waals surface area (Å²) in [4.78, 5) is 36.1. The Morgan fingerprint density at radius 2 is 1.61 bits per heavy atom. The van der Waals surface area contributed by atoms with Crippen molar-refractivity contribution in [2.75, 3.05) is 13.2 Å². The summed E-state index contributed by atoms with van der Waals surface area (Å²) in [6.07, 6.45) is -0.0848. The van der Waals surface area contributed by atoms with E-state index in [1.807, 2.05) is 0 Å². The zero-order valence-electron chi connectivity index (χ0n) is 13.5. The molecule has 23 heavy (non-hydrogen) atoms. The molecule has 6 heteroatoms. The molecule has 0 N–H and O–H groups in total. The van der Waals surface area contributed by atoms with Crippen molar-refractivity contribution in [2.45, 2.75) is 33.1 Å². The van der Waals surface area contributed by atoms with Crippen LogP contribution < -0.4 is 0 Å². The molecule has 0 amide bonds. The van der Waals surface area contributed by atoms with Gasteiger partial charge >= 0.3 is 11.9 Å². The Labute approximate surface area is 140 Å². The van der Waals surface area contributed by atoms with Crippen molar-refractivity contribution in [2.24, 2.45) is 5.92 Å². The number of rotatable bonds is 8. The van der Waals surface area contributed by atoms with Gasteiger partial charge in [-0.05, 0) is 38.5 Å². The van der Waals surface area contributed by atoms with Crippen LogP contribution in [0, 0.1) is 5.92 Å². The zero-order valence-corrected chi connectivity index (χ0v) is 14.3. The number of hydrogen-bond acceptors (Lipinski definition) is 5. The minimum atomic E-state index is -1.06. The lowest BCUT2D eigenvalue weighted by Crippen LogP contribution is -2.32. The van der Waals surface area contributed by atoms with Crippen LogP contribution >= 0.6 is 11.6 Å². The number of carbonyl (C=O) groups is 3. The van der Waals surface area contributed by atoms with Crippen LogP contribution in [0.1, 0.15) is 38.7 Å². The van der Waals surface area contributed by atoms with Gasteiger partial charge in [0.1, 0.15) is 11.7 Å². The molecule has 0 saturated carbocycles. The number of benzene rings is 1. The first-order valence-corrected chi connectivity index (χ1v) is 7.86. The summed E-state index contributed by atoms with van der Waals surface area (Å²) in [6.45, 7) is 5.07. The predicted molar refractivity (Wildman–Crippen MR) is 86.2 cm³/mol. The normalized spacial score (nSPS) is 13.0. The van der Waals surface area contributed by atoms with Crippen molar-refractivity contribution in [3.05, 3.63) is 34.9 Å². The Morgan fingerprint density at radius 1 is 1.04 bits per heavy atom. The van der Waals surface area contributed by atoms with Gasteiger partial charge in [0.05, 0.1) is 19.6 Å². The second-order valence-electron chi connectivity index (χ2n) is 5.01. The fraction of sp³-hybridized carbons (Fsp3) is 0.471. The molecular weight excluding hydrogens is 320 g/mol. The first-order valence-electron chi connectivity index (χ1n) is 7.48. The standard InChI is InChI=1S/C17H21ClO5/c1-4-22-15(20)10-14(12-6-8-13(18)9-7-12)16(11(3)19)17(21)23-5-2/h6-9,14,16H,4-5,10H2,1-3H3/t14-,16+/m0/s1. The molecule has 0 aromatic heterocycles. The van der Waals surface area contributed by atoms with Crippen LogP contribution in [0.2, 0.25) is 5.02 Å². The lowest BCUT2D eigenvalue weighted by Gasteiger charge is -2.23. The molecule has 1 aromatic rings. The Kier molecular flexibility index (Phi) is 7.75. The van der Waals surface area contributed by atoms with Crippen molar-refractivity contribution in [3.8, 4) is 0 Å². The highest BCUT2D eigenvalue weighted by atomic mass is 35.5. The summed E-state index contributed by atoms with van der Waals surface area (Å²) < 4.78 is 9.95. The molecule has 126 valence electrons. The highest BCUT2D eigenvalue weighted by Gasteiger charge is 2.36. The number of ether oxygens (including phenoxy) is 2. The number of ketones is 1. The van der Waals surface area contributed by atoms with Crippen LogP contribution in [0.3, 0.4) is 0 Å². The van der Waals surface area contributed by atoms with E-state index in [0.29, 0.717) is 10.6 Å². The maximum Gasteiger partial charge on any atom is 0.317 e. The highest BCUT2D eigenvalue weighted by Crippen LogP contribution is 2.31. The topological polar surface area (TPSA) is 69.7 Å². The fourth-order valence-corrected chi connectivity index (χ4v) is 2.51. The van der Waals surface area contributed by atoms with Gasteiger partial charge in [-0.25, -0.2) is 0 Å². The molecule has 0 spiro atoms. The average molecular weight is 341 g/mol. The van der Waals surface area contributed by atoms with Crippen LogP contribution in [0.25, 0.3) is 0 Å². The Bertz CT molecular complexity index is 553. The molecule has 0 saturated heterocycles. The smallest absolute Gasteiger partial charge is 0.317 e. The zero-order chi connectivity index (χ0) is 17.4. The van der Waals surface area contributed by atoms with E-state index in [0.717, 1.165) is 0 Å². The van der Waals surface area contributed by atoms with E-state index in [9.17, 15) is 14.4 Å². The maximum atomic E-state index is 12.2. The summed E-state index contributed by atoms with van der Waals surface area (Å²) in [5, 5.41) is 0.527. The number of esters is 2. The minimum Gasteiger partial charge on any atom is -0.466 e. The summed E-state index contributed by atoms with van der Waals surface area (Å²) in [5.74, 6) is -3.16. The third-order valence-electron chi connectivity index (χ3n) is 3.37. The molecule has 0 aliphatic rings. The van der Waals surface area contributed by atoms with E-state index in [-0.39, 0.29) is 25.4 Å². The molecular formula is C17H21ClO5. The number of hydrogen-bond donors (Lipinski definition) is 0. The summed E-state index contributed by atoms with van der Waals surface area (Å²) in [5.41, 5.74) is 0.663. The van der Waals surface area contributed by atoms with Crippen LogP contribution in [-0.4, -0.2) is 30.9 Å². The second kappa shape index (κ2) is 9.30. The van der Waals surface area contributed by atoms with Crippen molar-refractivity contribution < 1.29 is 23.9 Å². The van der Waals surface area contributed by atoms with Gasteiger partial charge in [0.25, 0.3) is 0 Å². The number of halogens is 1. The minimum absolute atomic E-state index is 0.0848. The van der Waals surface area contributed by atoms with Crippen LogP contribution in [0.4, 0.5) is 0 Å². The van der Waals surface area contributed by atoms with E-state index in [1.54, 1.807) is 38.1 Å². The quantitative estimate of drug-likeness (QED) is 0.537. The van der Waals surface area contributed by atoms with E-state index >= 15 is 0 Å².